The van der Waals surface area contributed by atoms with Gasteiger partial charge in [-0.2, -0.15) is 0 Å². The van der Waals surface area contributed by atoms with Crippen LogP contribution in [0.4, 0.5) is 0 Å². The molecule has 0 spiro atoms. The number of hydrogen-bond acceptors (Lipinski definition) is 5. The Morgan fingerprint density at radius 1 is 1.23 bits per heavy atom. The van der Waals surface area contributed by atoms with Gasteiger partial charge in [0.05, 0.1) is 19.3 Å². The van der Waals surface area contributed by atoms with Crippen LogP contribution in [0.1, 0.15) is 44.2 Å². The van der Waals surface area contributed by atoms with E-state index in [1.807, 2.05) is 17.5 Å². The summed E-state index contributed by atoms with van der Waals surface area (Å²) in [6, 6.07) is 0.540. The van der Waals surface area contributed by atoms with E-state index >= 15 is 0 Å². The van der Waals surface area contributed by atoms with E-state index in [2.05, 4.69) is 34.0 Å². The molecule has 0 radical (unpaired) electrons. The molecule has 2 saturated heterocycles. The molecule has 2 fully saturated rings. The van der Waals surface area contributed by atoms with Crippen LogP contribution in [-0.4, -0.2) is 60.7 Å². The minimum absolute atomic E-state index is 0.310. The van der Waals surface area contributed by atoms with Crippen molar-refractivity contribution in [2.75, 3.05) is 45.9 Å². The van der Waals surface area contributed by atoms with E-state index in [9.17, 15) is 0 Å². The molecular weight excluding hydrogens is 294 g/mol. The van der Waals surface area contributed by atoms with E-state index in [0.29, 0.717) is 11.5 Å². The van der Waals surface area contributed by atoms with Crippen LogP contribution in [0, 0.1) is 5.41 Å². The quantitative estimate of drug-likeness (QED) is 0.833. The Morgan fingerprint density at radius 3 is 2.77 bits per heavy atom. The van der Waals surface area contributed by atoms with Crippen molar-refractivity contribution in [1.82, 2.24) is 14.8 Å². The van der Waals surface area contributed by atoms with Gasteiger partial charge < -0.3 is 4.74 Å². The first kappa shape index (κ1) is 16.4. The second kappa shape index (κ2) is 7.39. The van der Waals surface area contributed by atoms with Gasteiger partial charge in [0.1, 0.15) is 5.01 Å². The van der Waals surface area contributed by atoms with Gasteiger partial charge in [-0.25, -0.2) is 4.98 Å². The molecule has 0 N–H and O–H groups in total. The average molecular weight is 324 g/mol. The van der Waals surface area contributed by atoms with Gasteiger partial charge in [-0.1, -0.05) is 20.3 Å². The summed E-state index contributed by atoms with van der Waals surface area (Å²) in [6.45, 7) is 12.3. The van der Waals surface area contributed by atoms with E-state index in [0.717, 1.165) is 39.4 Å². The van der Waals surface area contributed by atoms with Crippen LogP contribution in [0.2, 0.25) is 0 Å². The topological polar surface area (TPSA) is 28.6 Å². The highest BCUT2D eigenvalue weighted by Crippen LogP contribution is 2.34. The molecule has 4 nitrogen and oxygen atoms in total. The van der Waals surface area contributed by atoms with Crippen molar-refractivity contribution in [2.24, 2.45) is 5.41 Å². The van der Waals surface area contributed by atoms with Gasteiger partial charge in [-0.05, 0) is 24.8 Å². The molecule has 22 heavy (non-hydrogen) atoms. The Morgan fingerprint density at radius 2 is 2.05 bits per heavy atom. The number of morpholine rings is 1. The van der Waals surface area contributed by atoms with Crippen molar-refractivity contribution in [3.05, 3.63) is 16.6 Å². The van der Waals surface area contributed by atoms with Gasteiger partial charge in [0.15, 0.2) is 0 Å². The van der Waals surface area contributed by atoms with Crippen molar-refractivity contribution in [1.29, 1.82) is 0 Å². The molecule has 0 amide bonds. The maximum Gasteiger partial charge on any atom is 0.110 e. The Hall–Kier alpha value is -0.490. The number of nitrogens with zero attached hydrogens (tertiary/aromatic N) is 3. The van der Waals surface area contributed by atoms with Crippen LogP contribution in [0.25, 0.3) is 0 Å². The molecule has 0 saturated carbocycles. The summed E-state index contributed by atoms with van der Waals surface area (Å²) < 4.78 is 5.47. The average Bonchev–Trinajstić information content (AvgIpc) is 3.02. The van der Waals surface area contributed by atoms with Gasteiger partial charge in [0.25, 0.3) is 0 Å². The van der Waals surface area contributed by atoms with Crippen molar-refractivity contribution in [3.63, 3.8) is 0 Å². The van der Waals surface area contributed by atoms with Crippen LogP contribution in [0.3, 0.4) is 0 Å². The number of hydrogen-bond donors (Lipinski definition) is 0. The highest BCUT2D eigenvalue weighted by Gasteiger charge is 2.32. The smallest absolute Gasteiger partial charge is 0.110 e. The molecule has 0 aliphatic carbocycles. The maximum atomic E-state index is 5.47. The lowest BCUT2D eigenvalue weighted by molar-refractivity contribution is 0.00849. The summed E-state index contributed by atoms with van der Waals surface area (Å²) in [5, 5.41) is 3.42. The fourth-order valence-corrected chi connectivity index (χ4v) is 4.63. The Kier molecular flexibility index (Phi) is 5.50. The molecule has 1 aromatic heterocycles. The summed E-state index contributed by atoms with van der Waals surface area (Å²) in [5.74, 6) is 0. The first-order valence-electron chi connectivity index (χ1n) is 8.58. The zero-order valence-electron chi connectivity index (χ0n) is 14.0. The molecule has 2 aliphatic rings. The molecule has 0 unspecified atom stereocenters. The third kappa shape index (κ3) is 4.28. The first-order valence-corrected chi connectivity index (χ1v) is 9.46. The fourth-order valence-electron chi connectivity index (χ4n) is 3.82. The van der Waals surface area contributed by atoms with Gasteiger partial charge in [-0.3, -0.25) is 9.80 Å². The number of aromatic nitrogens is 1. The predicted molar refractivity (Wildman–Crippen MR) is 91.3 cm³/mol. The molecule has 1 aromatic rings. The molecule has 1 atom stereocenters. The molecule has 0 aromatic carbocycles. The van der Waals surface area contributed by atoms with Crippen LogP contribution in [0.15, 0.2) is 11.6 Å². The number of rotatable bonds is 5. The van der Waals surface area contributed by atoms with E-state index < -0.39 is 0 Å². The standard InChI is InChI=1S/C17H29N3OS/c1-17(2,13-19-8-10-21-11-9-19)14-20-7-4-3-5-15(20)16-18-6-12-22-16/h6,12,15H,3-5,7-11,13-14H2,1-2H3/t15-/m1/s1. The molecule has 3 rings (SSSR count). The molecule has 5 heteroatoms. The normalized spacial score (nSPS) is 25.5. The SMILES string of the molecule is CC(C)(CN1CCOCC1)CN1CCCC[C@@H]1c1nccs1. The molecule has 0 bridgehead atoms. The van der Waals surface area contributed by atoms with Crippen LogP contribution >= 0.6 is 11.3 Å². The van der Waals surface area contributed by atoms with Crippen LogP contribution in [-0.2, 0) is 4.74 Å². The monoisotopic (exact) mass is 323 g/mol. The van der Waals surface area contributed by atoms with Gasteiger partial charge in [0, 0.05) is 37.8 Å². The maximum absolute atomic E-state index is 5.47. The second-order valence-corrected chi connectivity index (χ2v) is 8.33. The highest BCUT2D eigenvalue weighted by molar-refractivity contribution is 7.09. The van der Waals surface area contributed by atoms with Gasteiger partial charge in [0.2, 0.25) is 0 Å². The lowest BCUT2D eigenvalue weighted by Gasteiger charge is -2.42. The predicted octanol–water partition coefficient (Wildman–Crippen LogP) is 3.03. The zero-order valence-corrected chi connectivity index (χ0v) is 14.8. The fraction of sp³-hybridized carbons (Fsp3) is 0.824. The summed E-state index contributed by atoms with van der Waals surface area (Å²) in [4.78, 5) is 9.83. The van der Waals surface area contributed by atoms with Crippen molar-refractivity contribution in [3.8, 4) is 0 Å². The Bertz CT molecular complexity index is 443. The van der Waals surface area contributed by atoms with Crippen molar-refractivity contribution < 1.29 is 4.74 Å². The Balaban J connectivity index is 1.61. The number of likely N-dealkylation sites (tertiary alicyclic amines) is 1. The minimum Gasteiger partial charge on any atom is -0.379 e. The summed E-state index contributed by atoms with van der Waals surface area (Å²) >= 11 is 1.82. The first-order chi connectivity index (χ1) is 10.6. The third-order valence-electron chi connectivity index (χ3n) is 4.74. The molecule has 3 heterocycles. The summed E-state index contributed by atoms with van der Waals surface area (Å²) in [5.41, 5.74) is 0.310. The van der Waals surface area contributed by atoms with E-state index in [-0.39, 0.29) is 0 Å². The summed E-state index contributed by atoms with van der Waals surface area (Å²) in [7, 11) is 0. The van der Waals surface area contributed by atoms with Crippen LogP contribution < -0.4 is 0 Å². The minimum atomic E-state index is 0.310. The van der Waals surface area contributed by atoms with Gasteiger partial charge >= 0.3 is 0 Å². The van der Waals surface area contributed by atoms with E-state index in [1.165, 1.54) is 30.8 Å². The molecule has 2 aliphatic heterocycles. The summed E-state index contributed by atoms with van der Waals surface area (Å²) in [6.07, 6.45) is 5.88. The third-order valence-corrected chi connectivity index (χ3v) is 5.61. The lowest BCUT2D eigenvalue weighted by atomic mass is 9.89. The zero-order chi connectivity index (χ0) is 15.4. The Labute approximate surface area is 138 Å². The second-order valence-electron chi connectivity index (χ2n) is 7.41. The number of thiazole rings is 1. The van der Waals surface area contributed by atoms with Gasteiger partial charge in [-0.15, -0.1) is 11.3 Å². The number of ether oxygens (including phenoxy) is 1. The largest absolute Gasteiger partial charge is 0.379 e. The van der Waals surface area contributed by atoms with E-state index in [4.69, 9.17) is 4.74 Å². The van der Waals surface area contributed by atoms with Crippen molar-refractivity contribution >= 4 is 11.3 Å². The van der Waals surface area contributed by atoms with Crippen molar-refractivity contribution in [2.45, 2.75) is 39.2 Å². The van der Waals surface area contributed by atoms with E-state index in [1.54, 1.807) is 0 Å². The highest BCUT2D eigenvalue weighted by atomic mass is 32.1. The molecule has 124 valence electrons. The van der Waals surface area contributed by atoms with Crippen LogP contribution in [0.5, 0.6) is 0 Å². The molecular formula is C17H29N3OS. The lowest BCUT2D eigenvalue weighted by Crippen LogP contribution is -2.47. The number of piperidine rings is 1.